The molecule has 1 saturated heterocycles. The van der Waals surface area contributed by atoms with E-state index in [2.05, 4.69) is 6.58 Å². The first-order valence-corrected chi connectivity index (χ1v) is 6.48. The van der Waals surface area contributed by atoms with Gasteiger partial charge in [0.15, 0.2) is 5.78 Å². The molecule has 1 aliphatic rings. The molecule has 0 aliphatic carbocycles. The van der Waals surface area contributed by atoms with Crippen molar-refractivity contribution in [3.63, 3.8) is 0 Å². The van der Waals surface area contributed by atoms with Gasteiger partial charge in [-0.15, -0.1) is 6.58 Å². The molecule has 0 spiro atoms. The molecule has 1 amide bonds. The van der Waals surface area contributed by atoms with Gasteiger partial charge in [-0.3, -0.25) is 9.69 Å². The summed E-state index contributed by atoms with van der Waals surface area (Å²) in [7, 11) is 0. The van der Waals surface area contributed by atoms with Crippen molar-refractivity contribution in [3.8, 4) is 0 Å². The van der Waals surface area contributed by atoms with Crippen molar-refractivity contribution in [2.24, 2.45) is 0 Å². The average Bonchev–Trinajstić information content (AvgIpc) is 2.72. The maximum Gasteiger partial charge on any atom is 0.410 e. The van der Waals surface area contributed by atoms with E-state index in [4.69, 9.17) is 4.74 Å². The molecule has 1 unspecified atom stereocenters. The van der Waals surface area contributed by atoms with E-state index in [-0.39, 0.29) is 17.9 Å². The van der Waals surface area contributed by atoms with Gasteiger partial charge >= 0.3 is 6.09 Å². The highest BCUT2D eigenvalue weighted by Crippen LogP contribution is 2.22. The van der Waals surface area contributed by atoms with Crippen LogP contribution in [-0.4, -0.2) is 35.0 Å². The number of rotatable bonds is 4. The molecule has 1 atom stereocenters. The van der Waals surface area contributed by atoms with Gasteiger partial charge in [0, 0.05) is 13.0 Å². The second kappa shape index (κ2) is 6.03. The van der Waals surface area contributed by atoms with Crippen LogP contribution in [0.4, 0.5) is 4.79 Å². The first-order valence-electron chi connectivity index (χ1n) is 6.48. The Bertz CT molecular complexity index is 330. The lowest BCUT2D eigenvalue weighted by molar-refractivity contribution is -0.123. The van der Waals surface area contributed by atoms with E-state index in [1.165, 1.54) is 0 Å². The van der Waals surface area contributed by atoms with Gasteiger partial charge < -0.3 is 4.74 Å². The number of carbonyl (C=O) groups excluding carboxylic acids is 2. The van der Waals surface area contributed by atoms with Crippen LogP contribution in [0.1, 0.15) is 46.5 Å². The van der Waals surface area contributed by atoms with Crippen LogP contribution in [0, 0.1) is 0 Å². The molecule has 4 nitrogen and oxygen atoms in total. The van der Waals surface area contributed by atoms with E-state index in [1.807, 2.05) is 20.8 Å². The number of hydrogen-bond acceptors (Lipinski definition) is 3. The third-order valence-electron chi connectivity index (χ3n) is 2.85. The molecular weight excluding hydrogens is 230 g/mol. The molecule has 102 valence electrons. The fourth-order valence-corrected chi connectivity index (χ4v) is 2.05. The summed E-state index contributed by atoms with van der Waals surface area (Å²) in [4.78, 5) is 25.5. The zero-order chi connectivity index (χ0) is 13.8. The lowest BCUT2D eigenvalue weighted by Crippen LogP contribution is -2.43. The minimum absolute atomic E-state index is 0.109. The first kappa shape index (κ1) is 14.7. The van der Waals surface area contributed by atoms with Crippen molar-refractivity contribution in [3.05, 3.63) is 12.7 Å². The van der Waals surface area contributed by atoms with Crippen molar-refractivity contribution in [1.82, 2.24) is 4.90 Å². The second-order valence-corrected chi connectivity index (χ2v) is 5.63. The van der Waals surface area contributed by atoms with E-state index in [0.717, 1.165) is 12.8 Å². The highest BCUT2D eigenvalue weighted by Gasteiger charge is 2.35. The van der Waals surface area contributed by atoms with Gasteiger partial charge in [0.05, 0.1) is 6.04 Å². The van der Waals surface area contributed by atoms with Crippen LogP contribution < -0.4 is 0 Å². The fourth-order valence-electron chi connectivity index (χ4n) is 2.05. The second-order valence-electron chi connectivity index (χ2n) is 5.63. The smallest absolute Gasteiger partial charge is 0.410 e. The number of carbonyl (C=O) groups is 2. The SMILES string of the molecule is C=CCCC(=O)C1CCCN1C(=O)OC(C)(C)C. The Morgan fingerprint density at radius 3 is 2.67 bits per heavy atom. The molecule has 1 heterocycles. The Hall–Kier alpha value is -1.32. The van der Waals surface area contributed by atoms with Gasteiger partial charge in [-0.25, -0.2) is 4.79 Å². The van der Waals surface area contributed by atoms with Crippen molar-refractivity contribution in [2.45, 2.75) is 58.1 Å². The van der Waals surface area contributed by atoms with Crippen LogP contribution in [0.3, 0.4) is 0 Å². The number of ether oxygens (including phenoxy) is 1. The lowest BCUT2D eigenvalue weighted by atomic mass is 10.1. The largest absolute Gasteiger partial charge is 0.444 e. The van der Waals surface area contributed by atoms with Gasteiger partial charge in [0.2, 0.25) is 0 Å². The Labute approximate surface area is 109 Å². The third-order valence-corrected chi connectivity index (χ3v) is 2.85. The molecule has 18 heavy (non-hydrogen) atoms. The standard InChI is InChI=1S/C14H23NO3/c1-5-6-9-12(16)11-8-7-10-15(11)13(17)18-14(2,3)4/h5,11H,1,6-10H2,2-4H3. The van der Waals surface area contributed by atoms with Crippen molar-refractivity contribution in [2.75, 3.05) is 6.54 Å². The van der Waals surface area contributed by atoms with Gasteiger partial charge in [-0.1, -0.05) is 6.08 Å². The number of likely N-dealkylation sites (tertiary alicyclic amines) is 1. The molecule has 0 aromatic rings. The predicted octanol–water partition coefficient (Wildman–Crippen LogP) is 2.92. The Morgan fingerprint density at radius 1 is 1.44 bits per heavy atom. The van der Waals surface area contributed by atoms with Crippen molar-refractivity contribution in [1.29, 1.82) is 0 Å². The summed E-state index contributed by atoms with van der Waals surface area (Å²) in [5.74, 6) is 0.109. The number of nitrogens with zero attached hydrogens (tertiary/aromatic N) is 1. The van der Waals surface area contributed by atoms with Crippen LogP contribution in [0.25, 0.3) is 0 Å². The van der Waals surface area contributed by atoms with Crippen molar-refractivity contribution < 1.29 is 14.3 Å². The molecule has 0 bridgehead atoms. The van der Waals surface area contributed by atoms with Gasteiger partial charge in [-0.2, -0.15) is 0 Å². The van der Waals surface area contributed by atoms with Crippen LogP contribution >= 0.6 is 0 Å². The number of ketones is 1. The predicted molar refractivity (Wildman–Crippen MR) is 70.4 cm³/mol. The molecular formula is C14H23NO3. The van der Waals surface area contributed by atoms with E-state index >= 15 is 0 Å². The number of allylic oxidation sites excluding steroid dienone is 1. The van der Waals surface area contributed by atoms with Gasteiger partial charge in [0.25, 0.3) is 0 Å². The molecule has 0 aromatic heterocycles. The summed E-state index contributed by atoms with van der Waals surface area (Å²) in [5, 5.41) is 0. The first-order chi connectivity index (χ1) is 8.35. The number of Topliss-reactive ketones (excluding diaryl/α,β-unsaturated/α-hetero) is 1. The minimum atomic E-state index is -0.519. The summed E-state index contributed by atoms with van der Waals surface area (Å²) in [6.07, 6.45) is 4.08. The van der Waals surface area contributed by atoms with E-state index in [0.29, 0.717) is 19.4 Å². The molecule has 0 N–H and O–H groups in total. The molecule has 0 radical (unpaired) electrons. The van der Waals surface area contributed by atoms with Crippen LogP contribution in [-0.2, 0) is 9.53 Å². The monoisotopic (exact) mass is 253 g/mol. The normalized spacial score (nSPS) is 19.7. The topological polar surface area (TPSA) is 46.6 Å². The summed E-state index contributed by atoms with van der Waals surface area (Å²) < 4.78 is 5.32. The zero-order valence-corrected chi connectivity index (χ0v) is 11.6. The highest BCUT2D eigenvalue weighted by molar-refractivity contribution is 5.88. The Kier molecular flexibility index (Phi) is 4.93. The maximum absolute atomic E-state index is 12.0. The summed E-state index contributed by atoms with van der Waals surface area (Å²) in [5.41, 5.74) is -0.519. The van der Waals surface area contributed by atoms with E-state index in [1.54, 1.807) is 11.0 Å². The zero-order valence-electron chi connectivity index (χ0n) is 11.6. The maximum atomic E-state index is 12.0. The molecule has 0 saturated carbocycles. The molecule has 1 fully saturated rings. The average molecular weight is 253 g/mol. The van der Waals surface area contributed by atoms with Gasteiger partial charge in [0.1, 0.15) is 5.60 Å². The van der Waals surface area contributed by atoms with E-state index < -0.39 is 5.60 Å². The van der Waals surface area contributed by atoms with Crippen molar-refractivity contribution >= 4 is 11.9 Å². The van der Waals surface area contributed by atoms with Gasteiger partial charge in [-0.05, 0) is 40.0 Å². The quantitative estimate of drug-likeness (QED) is 0.724. The molecule has 4 heteroatoms. The molecule has 1 aliphatic heterocycles. The van der Waals surface area contributed by atoms with E-state index in [9.17, 15) is 9.59 Å². The van der Waals surface area contributed by atoms with Crippen LogP contribution in [0.2, 0.25) is 0 Å². The van der Waals surface area contributed by atoms with Crippen LogP contribution in [0.15, 0.2) is 12.7 Å². The highest BCUT2D eigenvalue weighted by atomic mass is 16.6. The Morgan fingerprint density at radius 2 is 2.11 bits per heavy atom. The summed E-state index contributed by atoms with van der Waals surface area (Å²) >= 11 is 0. The Balaban J connectivity index is 2.61. The van der Waals surface area contributed by atoms with Crippen LogP contribution in [0.5, 0.6) is 0 Å². The fraction of sp³-hybridized carbons (Fsp3) is 0.714. The summed E-state index contributed by atoms with van der Waals surface area (Å²) in [6, 6.07) is -0.306. The lowest BCUT2D eigenvalue weighted by Gasteiger charge is -2.27. The summed E-state index contributed by atoms with van der Waals surface area (Å²) in [6.45, 7) is 9.70. The third kappa shape index (κ3) is 4.17. The number of amides is 1. The molecule has 0 aromatic carbocycles. The number of hydrogen-bond donors (Lipinski definition) is 0. The molecule has 1 rings (SSSR count). The minimum Gasteiger partial charge on any atom is -0.444 e.